The third kappa shape index (κ3) is 5.87. The standard InChI is InChI=1S/C19H20N6O9S3/c26-11-3-1-9(2-4-11)14(27)15(28)20-12-16(29)25-13(18(30)31)10(7-35-17(12)25)8-36-19-21-22-23-24(19)5-6-37(32,33)34/h1-4,12,14,17,26-27H,5-8H2,(H,20,28)(H,30,31)(H,32,33,34)/t12?,14?,17-/m1/s1. The van der Waals surface area contributed by atoms with Crippen LogP contribution in [0.25, 0.3) is 0 Å². The third-order valence-corrected chi connectivity index (χ3v) is 8.52. The van der Waals surface area contributed by atoms with Gasteiger partial charge in [0.1, 0.15) is 22.9 Å². The normalized spacial score (nSPS) is 20.3. The zero-order chi connectivity index (χ0) is 26.9. The highest BCUT2D eigenvalue weighted by Crippen LogP contribution is 2.41. The number of carbonyl (C=O) groups excluding carboxylic acids is 2. The molecule has 3 heterocycles. The number of nitrogens with zero attached hydrogens (tertiary/aromatic N) is 5. The molecule has 0 spiro atoms. The first-order valence-corrected chi connectivity index (χ1v) is 14.1. The van der Waals surface area contributed by atoms with E-state index in [0.29, 0.717) is 5.57 Å². The van der Waals surface area contributed by atoms with Crippen molar-refractivity contribution in [1.82, 2.24) is 30.4 Å². The molecule has 1 aromatic heterocycles. The van der Waals surface area contributed by atoms with Crippen molar-refractivity contribution in [3.8, 4) is 5.75 Å². The lowest BCUT2D eigenvalue weighted by molar-refractivity contribution is -0.151. The molecule has 2 aromatic rings. The quantitative estimate of drug-likeness (QED) is 0.128. The van der Waals surface area contributed by atoms with E-state index in [0.717, 1.165) is 21.3 Å². The van der Waals surface area contributed by atoms with E-state index in [-0.39, 0.29) is 40.2 Å². The number of carboxylic acid groups (broad SMARTS) is 1. The van der Waals surface area contributed by atoms with Gasteiger partial charge < -0.3 is 20.6 Å². The summed E-state index contributed by atoms with van der Waals surface area (Å²) in [7, 11) is -4.24. The number of aromatic hydroxyl groups is 1. The van der Waals surface area contributed by atoms with E-state index in [1.807, 2.05) is 0 Å². The number of nitrogens with one attached hydrogen (secondary N) is 1. The Labute approximate surface area is 217 Å². The minimum Gasteiger partial charge on any atom is -0.508 e. The number of hydrogen-bond donors (Lipinski definition) is 5. The molecule has 1 aromatic carbocycles. The lowest BCUT2D eigenvalue weighted by atomic mass is 10.0. The van der Waals surface area contributed by atoms with Gasteiger partial charge in [0.2, 0.25) is 5.16 Å². The van der Waals surface area contributed by atoms with Crippen molar-refractivity contribution in [3.63, 3.8) is 0 Å². The summed E-state index contributed by atoms with van der Waals surface area (Å²) in [6.07, 6.45) is -1.59. The maximum Gasteiger partial charge on any atom is 0.352 e. The van der Waals surface area contributed by atoms with E-state index in [1.165, 1.54) is 36.0 Å². The molecule has 5 N–H and O–H groups in total. The summed E-state index contributed by atoms with van der Waals surface area (Å²) in [6.45, 7) is -0.211. The Balaban J connectivity index is 1.43. The van der Waals surface area contributed by atoms with E-state index in [2.05, 4.69) is 20.8 Å². The van der Waals surface area contributed by atoms with Gasteiger partial charge in [-0.1, -0.05) is 23.9 Å². The van der Waals surface area contributed by atoms with Crippen LogP contribution < -0.4 is 5.32 Å². The number of phenols is 1. The first kappa shape index (κ1) is 26.9. The molecular formula is C19H20N6O9S3. The van der Waals surface area contributed by atoms with Crippen molar-refractivity contribution in [3.05, 3.63) is 41.1 Å². The highest BCUT2D eigenvalue weighted by Gasteiger charge is 2.54. The number of aliphatic hydroxyl groups excluding tert-OH is 1. The summed E-state index contributed by atoms with van der Waals surface area (Å²) in [5.41, 5.74) is 0.368. The van der Waals surface area contributed by atoms with Crippen LogP contribution in [-0.4, -0.2) is 99.9 Å². The Bertz CT molecular complexity index is 1360. The monoisotopic (exact) mass is 572 g/mol. The van der Waals surface area contributed by atoms with E-state index >= 15 is 0 Å². The number of rotatable bonds is 10. The SMILES string of the molecule is O=C(O)C1=C(CSc2nnnn2CCS(=O)(=O)O)CS[C@@H]2C(NC(=O)C(O)c3ccc(O)cc3)C(=O)N12. The van der Waals surface area contributed by atoms with Crippen LogP contribution in [0.15, 0.2) is 40.7 Å². The van der Waals surface area contributed by atoms with Crippen molar-refractivity contribution < 1.29 is 42.7 Å². The summed E-state index contributed by atoms with van der Waals surface area (Å²) in [5, 5.41) is 42.3. The summed E-state index contributed by atoms with van der Waals surface area (Å²) >= 11 is 2.26. The number of thioether (sulfide) groups is 2. The molecule has 1 fully saturated rings. The Morgan fingerprint density at radius 3 is 2.62 bits per heavy atom. The van der Waals surface area contributed by atoms with Crippen LogP contribution in [0.4, 0.5) is 0 Å². The molecular weight excluding hydrogens is 552 g/mol. The lowest BCUT2D eigenvalue weighted by Crippen LogP contribution is -2.70. The van der Waals surface area contributed by atoms with Crippen molar-refractivity contribution in [1.29, 1.82) is 0 Å². The second kappa shape index (κ2) is 10.7. The topological polar surface area (TPSA) is 225 Å². The van der Waals surface area contributed by atoms with Gasteiger partial charge in [-0.25, -0.2) is 9.48 Å². The zero-order valence-electron chi connectivity index (χ0n) is 18.7. The second-order valence-corrected chi connectivity index (χ2v) is 11.5. The number of aliphatic carboxylic acids is 1. The van der Waals surface area contributed by atoms with E-state index in [4.69, 9.17) is 4.55 Å². The fraction of sp³-hybridized carbons (Fsp3) is 0.368. The molecule has 1 saturated heterocycles. The predicted molar refractivity (Wildman–Crippen MR) is 128 cm³/mol. The van der Waals surface area contributed by atoms with Crippen molar-refractivity contribution in [2.24, 2.45) is 0 Å². The summed E-state index contributed by atoms with van der Waals surface area (Å²) in [5.74, 6) is -3.20. The molecule has 0 radical (unpaired) electrons. The molecule has 0 saturated carbocycles. The average Bonchev–Trinajstić information content (AvgIpc) is 3.30. The van der Waals surface area contributed by atoms with Crippen molar-refractivity contribution in [2.75, 3.05) is 17.3 Å². The number of fused-ring (bicyclic) bond motifs is 1. The Morgan fingerprint density at radius 2 is 1.97 bits per heavy atom. The highest BCUT2D eigenvalue weighted by atomic mass is 32.2. The number of hydrogen-bond acceptors (Lipinski definition) is 12. The molecule has 15 nitrogen and oxygen atoms in total. The van der Waals surface area contributed by atoms with Gasteiger partial charge in [-0.3, -0.25) is 19.0 Å². The molecule has 2 aliphatic rings. The lowest BCUT2D eigenvalue weighted by Gasteiger charge is -2.49. The van der Waals surface area contributed by atoms with E-state index in [9.17, 15) is 38.1 Å². The molecule has 198 valence electrons. The number of aromatic nitrogens is 4. The van der Waals surface area contributed by atoms with Gasteiger partial charge in [0.15, 0.2) is 6.10 Å². The van der Waals surface area contributed by atoms with Gasteiger partial charge in [-0.2, -0.15) is 8.42 Å². The maximum absolute atomic E-state index is 12.8. The smallest absolute Gasteiger partial charge is 0.352 e. The van der Waals surface area contributed by atoms with Crippen LogP contribution in [0.1, 0.15) is 11.7 Å². The average molecular weight is 573 g/mol. The Kier molecular flexibility index (Phi) is 7.74. The molecule has 0 bridgehead atoms. The van der Waals surface area contributed by atoms with Gasteiger partial charge in [-0.15, -0.1) is 16.9 Å². The number of β-lactam (4-membered cyclic amide) rings is 1. The zero-order valence-corrected chi connectivity index (χ0v) is 21.1. The number of aliphatic hydroxyl groups is 1. The van der Waals surface area contributed by atoms with Gasteiger partial charge in [-0.05, 0) is 33.7 Å². The molecule has 18 heteroatoms. The number of amides is 2. The first-order chi connectivity index (χ1) is 17.5. The molecule has 2 unspecified atom stereocenters. The minimum atomic E-state index is -4.24. The molecule has 2 amide bonds. The van der Waals surface area contributed by atoms with E-state index < -0.39 is 51.2 Å². The summed E-state index contributed by atoms with van der Waals surface area (Å²) in [4.78, 5) is 38.4. The molecule has 0 aliphatic carbocycles. The van der Waals surface area contributed by atoms with Crippen LogP contribution in [-0.2, 0) is 31.0 Å². The maximum atomic E-state index is 12.8. The highest BCUT2D eigenvalue weighted by molar-refractivity contribution is 8.01. The van der Waals surface area contributed by atoms with Crippen LogP contribution in [0.2, 0.25) is 0 Å². The molecule has 2 aliphatic heterocycles. The van der Waals surface area contributed by atoms with Crippen LogP contribution in [0.3, 0.4) is 0 Å². The minimum absolute atomic E-state index is 0.0451. The van der Waals surface area contributed by atoms with Crippen LogP contribution >= 0.6 is 23.5 Å². The fourth-order valence-corrected chi connectivity index (χ4v) is 6.42. The number of benzene rings is 1. The van der Waals surface area contributed by atoms with Crippen LogP contribution in [0.5, 0.6) is 5.75 Å². The number of carbonyl (C=O) groups is 3. The predicted octanol–water partition coefficient (Wildman–Crippen LogP) is -1.17. The van der Waals surface area contributed by atoms with Gasteiger partial charge in [0, 0.05) is 11.5 Å². The number of aryl methyl sites for hydroxylation is 1. The first-order valence-electron chi connectivity index (χ1n) is 10.5. The van der Waals surface area contributed by atoms with Crippen molar-refractivity contribution in [2.45, 2.75) is 29.2 Å². The molecule has 3 atom stereocenters. The Hall–Kier alpha value is -3.19. The van der Waals surface area contributed by atoms with Gasteiger partial charge in [0.05, 0.1) is 12.3 Å². The fourth-order valence-electron chi connectivity index (χ4n) is 3.63. The molecule has 37 heavy (non-hydrogen) atoms. The summed E-state index contributed by atoms with van der Waals surface area (Å²) in [6, 6.07) is 4.28. The number of carboxylic acids is 1. The Morgan fingerprint density at radius 1 is 1.27 bits per heavy atom. The van der Waals surface area contributed by atoms with Gasteiger partial charge in [0.25, 0.3) is 21.9 Å². The van der Waals surface area contributed by atoms with Crippen molar-refractivity contribution >= 4 is 51.4 Å². The largest absolute Gasteiger partial charge is 0.508 e. The number of phenolic OH excluding ortho intramolecular Hbond substituents is 1. The second-order valence-electron chi connectivity index (χ2n) is 7.91. The summed E-state index contributed by atoms with van der Waals surface area (Å²) < 4.78 is 32.0. The number of tetrazole rings is 1. The van der Waals surface area contributed by atoms with Crippen LogP contribution in [0, 0.1) is 0 Å². The van der Waals surface area contributed by atoms with Gasteiger partial charge >= 0.3 is 5.97 Å². The molecule has 4 rings (SSSR count). The van der Waals surface area contributed by atoms with E-state index in [1.54, 1.807) is 0 Å². The third-order valence-electron chi connectivity index (χ3n) is 5.44.